The van der Waals surface area contributed by atoms with Crippen LogP contribution in [0.1, 0.15) is 71.9 Å². The lowest BCUT2D eigenvalue weighted by Crippen LogP contribution is -2.54. The van der Waals surface area contributed by atoms with E-state index < -0.39 is 0 Å². The summed E-state index contributed by atoms with van der Waals surface area (Å²) < 4.78 is 12.0. The van der Waals surface area contributed by atoms with Crippen LogP contribution >= 0.6 is 0 Å². The molecule has 1 fully saturated rings. The Balaban J connectivity index is 1.73. The predicted octanol–water partition coefficient (Wildman–Crippen LogP) is 7.52. The van der Waals surface area contributed by atoms with Gasteiger partial charge in [-0.25, -0.2) is 0 Å². The van der Waals surface area contributed by atoms with Crippen molar-refractivity contribution in [3.8, 4) is 11.5 Å². The first-order valence-corrected chi connectivity index (χ1v) is 11.0. The molecule has 2 nitrogen and oxygen atoms in total. The molecule has 156 valence electrons. The van der Waals surface area contributed by atoms with Crippen LogP contribution in [0.2, 0.25) is 0 Å². The third kappa shape index (κ3) is 4.22. The minimum Gasteiger partial charge on any atom is -0.490 e. The van der Waals surface area contributed by atoms with Gasteiger partial charge in [-0.1, -0.05) is 65.0 Å². The molecule has 0 amide bonds. The van der Waals surface area contributed by atoms with E-state index in [-0.39, 0.29) is 5.41 Å². The molecule has 0 aromatic heterocycles. The number of allylic oxidation sites excluding steroid dienone is 1. The SMILES string of the molecule is C/C=C/Oc1ccc(C(C)(C)c2ccc(OC3C(C)CC3(CC)CC)cc2)cc1. The van der Waals surface area contributed by atoms with E-state index in [1.54, 1.807) is 6.26 Å². The molecule has 3 rings (SSSR count). The summed E-state index contributed by atoms with van der Waals surface area (Å²) in [6, 6.07) is 17.1. The van der Waals surface area contributed by atoms with Crippen LogP contribution in [-0.2, 0) is 5.41 Å². The highest BCUT2D eigenvalue weighted by Gasteiger charge is 2.51. The summed E-state index contributed by atoms with van der Waals surface area (Å²) >= 11 is 0. The maximum Gasteiger partial charge on any atom is 0.126 e. The lowest BCUT2D eigenvalue weighted by atomic mass is 9.57. The van der Waals surface area contributed by atoms with Crippen molar-refractivity contribution in [3.05, 3.63) is 72.0 Å². The third-order valence-electron chi connectivity index (χ3n) is 7.01. The van der Waals surface area contributed by atoms with Crippen molar-refractivity contribution in [1.82, 2.24) is 0 Å². The van der Waals surface area contributed by atoms with Gasteiger partial charge in [0.15, 0.2) is 0 Å². The topological polar surface area (TPSA) is 18.5 Å². The number of hydrogen-bond acceptors (Lipinski definition) is 2. The Hall–Kier alpha value is -2.22. The number of hydrogen-bond donors (Lipinski definition) is 0. The second-order valence-electron chi connectivity index (χ2n) is 9.05. The first-order valence-electron chi connectivity index (χ1n) is 11.0. The van der Waals surface area contributed by atoms with E-state index in [0.29, 0.717) is 17.4 Å². The molecule has 2 unspecified atom stereocenters. The Labute approximate surface area is 176 Å². The zero-order chi connectivity index (χ0) is 21.1. The van der Waals surface area contributed by atoms with E-state index in [4.69, 9.17) is 9.47 Å². The zero-order valence-electron chi connectivity index (χ0n) is 18.9. The molecular formula is C27H36O2. The maximum atomic E-state index is 6.46. The molecule has 2 heteroatoms. The Kier molecular flexibility index (Phi) is 6.41. The van der Waals surface area contributed by atoms with Gasteiger partial charge in [0, 0.05) is 10.8 Å². The average Bonchev–Trinajstić information content (AvgIpc) is 2.74. The van der Waals surface area contributed by atoms with Gasteiger partial charge in [-0.3, -0.25) is 0 Å². The Morgan fingerprint density at radius 2 is 1.45 bits per heavy atom. The molecule has 2 atom stereocenters. The summed E-state index contributed by atoms with van der Waals surface area (Å²) in [5.74, 6) is 2.48. The van der Waals surface area contributed by atoms with Crippen LogP contribution in [-0.4, -0.2) is 6.10 Å². The maximum absolute atomic E-state index is 6.46. The summed E-state index contributed by atoms with van der Waals surface area (Å²) in [6.45, 7) is 13.4. The van der Waals surface area contributed by atoms with Gasteiger partial charge in [-0.2, -0.15) is 0 Å². The van der Waals surface area contributed by atoms with Gasteiger partial charge in [0.1, 0.15) is 17.6 Å². The molecule has 2 aromatic rings. The highest BCUT2D eigenvalue weighted by molar-refractivity contribution is 5.42. The van der Waals surface area contributed by atoms with Crippen molar-refractivity contribution in [1.29, 1.82) is 0 Å². The summed E-state index contributed by atoms with van der Waals surface area (Å²) in [4.78, 5) is 0. The van der Waals surface area contributed by atoms with Crippen molar-refractivity contribution >= 4 is 0 Å². The number of benzene rings is 2. The Morgan fingerprint density at radius 1 is 0.931 bits per heavy atom. The second kappa shape index (κ2) is 8.65. The number of ether oxygens (including phenoxy) is 2. The summed E-state index contributed by atoms with van der Waals surface area (Å²) in [6.07, 6.45) is 7.59. The normalized spacial score (nSPS) is 21.0. The zero-order valence-corrected chi connectivity index (χ0v) is 18.9. The first kappa shape index (κ1) is 21.5. The van der Waals surface area contributed by atoms with E-state index >= 15 is 0 Å². The van der Waals surface area contributed by atoms with Crippen LogP contribution < -0.4 is 9.47 Å². The Morgan fingerprint density at radius 3 is 1.90 bits per heavy atom. The first-order chi connectivity index (χ1) is 13.9. The van der Waals surface area contributed by atoms with Gasteiger partial charge in [0.25, 0.3) is 0 Å². The minimum atomic E-state index is -0.0853. The van der Waals surface area contributed by atoms with Crippen molar-refractivity contribution in [2.24, 2.45) is 11.3 Å². The molecule has 1 saturated carbocycles. The largest absolute Gasteiger partial charge is 0.490 e. The molecule has 0 radical (unpaired) electrons. The molecule has 0 spiro atoms. The van der Waals surface area contributed by atoms with E-state index in [1.165, 1.54) is 30.4 Å². The third-order valence-corrected chi connectivity index (χ3v) is 7.01. The molecule has 2 aromatic carbocycles. The fourth-order valence-electron chi connectivity index (χ4n) is 4.85. The smallest absolute Gasteiger partial charge is 0.126 e. The predicted molar refractivity (Wildman–Crippen MR) is 122 cm³/mol. The molecule has 0 heterocycles. The van der Waals surface area contributed by atoms with E-state index in [0.717, 1.165) is 11.5 Å². The van der Waals surface area contributed by atoms with Crippen LogP contribution in [0.5, 0.6) is 11.5 Å². The van der Waals surface area contributed by atoms with Crippen molar-refractivity contribution in [2.45, 2.75) is 72.3 Å². The van der Waals surface area contributed by atoms with Gasteiger partial charge >= 0.3 is 0 Å². The lowest BCUT2D eigenvalue weighted by Gasteiger charge is -2.53. The van der Waals surface area contributed by atoms with Gasteiger partial charge in [0.05, 0.1) is 6.26 Å². The molecule has 0 N–H and O–H groups in total. The van der Waals surface area contributed by atoms with Crippen LogP contribution in [0.15, 0.2) is 60.9 Å². The fraction of sp³-hybridized carbons (Fsp3) is 0.481. The molecule has 0 bridgehead atoms. The minimum absolute atomic E-state index is 0.0853. The van der Waals surface area contributed by atoms with Crippen molar-refractivity contribution in [2.75, 3.05) is 0 Å². The van der Waals surface area contributed by atoms with Gasteiger partial charge in [-0.05, 0) is 67.5 Å². The van der Waals surface area contributed by atoms with Gasteiger partial charge in [-0.15, -0.1) is 0 Å². The van der Waals surface area contributed by atoms with Crippen LogP contribution in [0.25, 0.3) is 0 Å². The highest BCUT2D eigenvalue weighted by atomic mass is 16.5. The molecule has 1 aliphatic carbocycles. The monoisotopic (exact) mass is 392 g/mol. The standard InChI is InChI=1S/C27H36O2/c1-7-18-28-23-14-10-21(11-15-23)26(5,6)22-12-16-24(17-13-22)29-25-20(4)19-27(25,8-2)9-3/h7,10-18,20,25H,8-9,19H2,1-6H3/b18-7+. The van der Waals surface area contributed by atoms with E-state index in [9.17, 15) is 0 Å². The van der Waals surface area contributed by atoms with Crippen LogP contribution in [0.4, 0.5) is 0 Å². The molecule has 0 aliphatic heterocycles. The average molecular weight is 393 g/mol. The molecule has 29 heavy (non-hydrogen) atoms. The van der Waals surface area contributed by atoms with E-state index in [1.807, 2.05) is 25.1 Å². The van der Waals surface area contributed by atoms with Gasteiger partial charge in [0.2, 0.25) is 0 Å². The molecule has 0 saturated heterocycles. The van der Waals surface area contributed by atoms with E-state index in [2.05, 4.69) is 71.0 Å². The fourth-order valence-corrected chi connectivity index (χ4v) is 4.85. The van der Waals surface area contributed by atoms with Gasteiger partial charge < -0.3 is 9.47 Å². The number of rotatable bonds is 8. The highest BCUT2D eigenvalue weighted by Crippen LogP contribution is 2.52. The Bertz CT molecular complexity index is 811. The second-order valence-corrected chi connectivity index (χ2v) is 9.05. The van der Waals surface area contributed by atoms with Crippen molar-refractivity contribution < 1.29 is 9.47 Å². The van der Waals surface area contributed by atoms with Crippen molar-refractivity contribution in [3.63, 3.8) is 0 Å². The van der Waals surface area contributed by atoms with Crippen LogP contribution in [0.3, 0.4) is 0 Å². The van der Waals surface area contributed by atoms with Crippen LogP contribution in [0, 0.1) is 11.3 Å². The molecule has 1 aliphatic rings. The summed E-state index contributed by atoms with van der Waals surface area (Å²) in [7, 11) is 0. The quantitative estimate of drug-likeness (QED) is 0.433. The molecular weight excluding hydrogens is 356 g/mol. The summed E-state index contributed by atoms with van der Waals surface area (Å²) in [5.41, 5.74) is 2.82. The summed E-state index contributed by atoms with van der Waals surface area (Å²) in [5, 5.41) is 0. The lowest BCUT2D eigenvalue weighted by molar-refractivity contribution is -0.101.